The Hall–Kier alpha value is -5.45. The highest BCUT2D eigenvalue weighted by molar-refractivity contribution is 5.91. The molecule has 2 fully saturated rings. The normalized spacial score (nSPS) is 17.8. The first-order valence-corrected chi connectivity index (χ1v) is 16.7. The molecule has 0 N–H and O–H groups in total. The van der Waals surface area contributed by atoms with Crippen LogP contribution >= 0.6 is 0 Å². The van der Waals surface area contributed by atoms with E-state index in [1.165, 1.54) is 26.0 Å². The summed E-state index contributed by atoms with van der Waals surface area (Å²) in [5.74, 6) is 0.00617. The number of carbonyl (C=O) groups excluding carboxylic acids is 2. The summed E-state index contributed by atoms with van der Waals surface area (Å²) in [5, 5.41) is 0. The number of ether oxygens (including phenoxy) is 4. The molecule has 2 saturated heterocycles. The van der Waals surface area contributed by atoms with Crippen LogP contribution in [-0.2, 0) is 33.1 Å². The first kappa shape index (κ1) is 38.3. The molecular weight excluding hydrogens is 724 g/mol. The predicted molar refractivity (Wildman–Crippen MR) is 182 cm³/mol. The maximum atomic E-state index is 13.7. The van der Waals surface area contributed by atoms with Gasteiger partial charge in [-0.25, -0.2) is 24.5 Å². The molecule has 0 aliphatic carbocycles. The van der Waals surface area contributed by atoms with Crippen LogP contribution in [0.3, 0.4) is 0 Å². The van der Waals surface area contributed by atoms with Crippen molar-refractivity contribution in [1.82, 2.24) is 19.9 Å². The van der Waals surface area contributed by atoms with E-state index in [1.54, 1.807) is 30.6 Å². The Morgan fingerprint density at radius 2 is 1.52 bits per heavy atom. The lowest BCUT2D eigenvalue weighted by molar-refractivity contribution is -0.143. The van der Waals surface area contributed by atoms with Crippen LogP contribution in [0.5, 0.6) is 5.88 Å². The number of anilines is 1. The molecule has 0 saturated carbocycles. The highest BCUT2D eigenvalue weighted by atomic mass is 19.4. The van der Waals surface area contributed by atoms with Gasteiger partial charge in [-0.3, -0.25) is 4.90 Å². The number of esters is 1. The van der Waals surface area contributed by atoms with Gasteiger partial charge in [-0.15, -0.1) is 0 Å². The van der Waals surface area contributed by atoms with Crippen LogP contribution in [0.4, 0.5) is 37.1 Å². The number of aryl methyl sites for hydroxylation is 2. The largest absolute Gasteiger partial charge is 0.481 e. The number of hydrogen-bond acceptors (Lipinski definition) is 10. The van der Waals surface area contributed by atoms with Gasteiger partial charge >= 0.3 is 24.4 Å². The van der Waals surface area contributed by atoms with Gasteiger partial charge in [0.2, 0.25) is 11.8 Å². The fourth-order valence-corrected chi connectivity index (χ4v) is 6.73. The maximum absolute atomic E-state index is 13.7. The van der Waals surface area contributed by atoms with E-state index < -0.39 is 53.3 Å². The number of halogens is 6. The van der Waals surface area contributed by atoms with E-state index in [2.05, 4.69) is 9.97 Å². The summed E-state index contributed by atoms with van der Waals surface area (Å²) in [5.41, 5.74) is 0.926. The van der Waals surface area contributed by atoms with Gasteiger partial charge < -0.3 is 23.8 Å². The zero-order chi connectivity index (χ0) is 39.1. The second kappa shape index (κ2) is 14.8. The van der Waals surface area contributed by atoms with Gasteiger partial charge in [-0.05, 0) is 79.4 Å². The Bertz CT molecular complexity index is 2030. The molecule has 11 nitrogen and oxygen atoms in total. The molecule has 1 amide bonds. The average Bonchev–Trinajstić information content (AvgIpc) is 3.42. The second-order valence-corrected chi connectivity index (χ2v) is 12.9. The fraction of sp³-hybridized carbons (Fsp3) is 0.378. The van der Waals surface area contributed by atoms with Crippen molar-refractivity contribution in [2.45, 2.75) is 51.8 Å². The molecule has 2 atom stereocenters. The number of pyridine rings is 1. The fourth-order valence-electron chi connectivity index (χ4n) is 6.73. The second-order valence-electron chi connectivity index (χ2n) is 12.9. The smallest absolute Gasteiger partial charge is 0.416 e. The molecule has 6 rings (SSSR count). The Kier molecular flexibility index (Phi) is 10.5. The number of rotatable bonds is 8. The van der Waals surface area contributed by atoms with Gasteiger partial charge in [-0.2, -0.15) is 26.3 Å². The van der Waals surface area contributed by atoms with E-state index in [4.69, 9.17) is 23.9 Å². The maximum Gasteiger partial charge on any atom is 0.416 e. The van der Waals surface area contributed by atoms with Gasteiger partial charge in [0.15, 0.2) is 0 Å². The van der Waals surface area contributed by atoms with Crippen LogP contribution in [0, 0.1) is 13.8 Å². The van der Waals surface area contributed by atoms with Gasteiger partial charge in [0.25, 0.3) is 0 Å². The van der Waals surface area contributed by atoms with E-state index in [0.29, 0.717) is 66.6 Å². The van der Waals surface area contributed by atoms with E-state index in [0.717, 1.165) is 16.7 Å². The number of morpholine rings is 1. The van der Waals surface area contributed by atoms with Gasteiger partial charge in [-0.1, -0.05) is 0 Å². The summed E-state index contributed by atoms with van der Waals surface area (Å²) in [6, 6.07) is 5.31. The lowest BCUT2D eigenvalue weighted by Crippen LogP contribution is -2.38. The SMILES string of the molecule is COC(=O)c1cc(C)c(-c2cnc(OC)c(-c3cnc(N4CCOCC4)nc3CN3C(=O)O[C@H](c4cc(C(F)(F)F)cc(C(F)(F)F)c4)[C@@H]3C)c2)c(C)c1. The van der Waals surface area contributed by atoms with Gasteiger partial charge in [0.05, 0.1) is 62.4 Å². The number of carbonyl (C=O) groups is 2. The average molecular weight is 760 g/mol. The highest BCUT2D eigenvalue weighted by Crippen LogP contribution is 2.42. The Balaban J connectivity index is 1.43. The Morgan fingerprint density at radius 3 is 2.09 bits per heavy atom. The van der Waals surface area contributed by atoms with Crippen molar-refractivity contribution in [3.8, 4) is 28.1 Å². The molecular formula is C37H35F6N5O6. The summed E-state index contributed by atoms with van der Waals surface area (Å²) in [6.07, 6.45) is -9.46. The van der Waals surface area contributed by atoms with Crippen LogP contribution in [0.1, 0.15) is 56.9 Å². The number of amides is 1. The summed E-state index contributed by atoms with van der Waals surface area (Å²) in [6.45, 7) is 6.66. The molecule has 0 unspecified atom stereocenters. The van der Waals surface area contributed by atoms with E-state index in [-0.39, 0.29) is 24.2 Å². The molecule has 0 bridgehead atoms. The topological polar surface area (TPSA) is 116 Å². The summed E-state index contributed by atoms with van der Waals surface area (Å²) in [7, 11) is 2.72. The summed E-state index contributed by atoms with van der Waals surface area (Å²) in [4.78, 5) is 42.7. The minimum atomic E-state index is -5.09. The van der Waals surface area contributed by atoms with Crippen molar-refractivity contribution in [3.63, 3.8) is 0 Å². The van der Waals surface area contributed by atoms with E-state index in [1.807, 2.05) is 18.7 Å². The zero-order valence-electron chi connectivity index (χ0n) is 29.8. The third-order valence-electron chi connectivity index (χ3n) is 9.38. The standard InChI is InChI=1S/C37H35F6N5O6/c1-19-10-23(33(49)52-5)11-20(2)30(19)24-14-27(32(51-4)44-16-24)28-17-45-34(47-6-8-53-9-7-47)46-29(28)18-48-21(3)31(54-35(48)50)22-12-25(36(38,39)40)15-26(13-22)37(41,42)43/h10-17,21,31H,6-9,18H2,1-5H3/t21-,31-/m0/s1. The number of alkyl halides is 6. The molecule has 2 aliphatic rings. The number of benzene rings is 2. The van der Waals surface area contributed by atoms with Crippen LogP contribution < -0.4 is 9.64 Å². The first-order valence-electron chi connectivity index (χ1n) is 16.7. The van der Waals surface area contributed by atoms with Crippen molar-refractivity contribution >= 4 is 18.0 Å². The van der Waals surface area contributed by atoms with Crippen molar-refractivity contribution in [1.29, 1.82) is 0 Å². The van der Waals surface area contributed by atoms with Crippen molar-refractivity contribution in [3.05, 3.63) is 87.9 Å². The van der Waals surface area contributed by atoms with E-state index in [9.17, 15) is 35.9 Å². The molecule has 4 aromatic rings. The minimum Gasteiger partial charge on any atom is -0.481 e. The number of methoxy groups -OCH3 is 2. The summed E-state index contributed by atoms with van der Waals surface area (Å²) >= 11 is 0. The number of nitrogens with zero attached hydrogens (tertiary/aromatic N) is 5. The first-order chi connectivity index (χ1) is 25.5. The minimum absolute atomic E-state index is 0.0229. The molecule has 4 heterocycles. The summed E-state index contributed by atoms with van der Waals surface area (Å²) < 4.78 is 104. The number of hydrogen-bond donors (Lipinski definition) is 0. The molecule has 0 radical (unpaired) electrons. The molecule has 2 aromatic heterocycles. The Labute approximate surface area is 305 Å². The number of cyclic esters (lactones) is 1. The van der Waals surface area contributed by atoms with Crippen molar-refractivity contribution < 1.29 is 54.9 Å². The predicted octanol–water partition coefficient (Wildman–Crippen LogP) is 7.57. The molecule has 2 aliphatic heterocycles. The van der Waals surface area contributed by atoms with Gasteiger partial charge in [0.1, 0.15) is 6.10 Å². The zero-order valence-corrected chi connectivity index (χ0v) is 29.8. The molecule has 17 heteroatoms. The van der Waals surface area contributed by atoms with E-state index >= 15 is 0 Å². The third-order valence-corrected chi connectivity index (χ3v) is 9.38. The van der Waals surface area contributed by atoms with Crippen LogP contribution in [0.2, 0.25) is 0 Å². The van der Waals surface area contributed by atoms with Gasteiger partial charge in [0, 0.05) is 42.2 Å². The highest BCUT2D eigenvalue weighted by Gasteiger charge is 2.44. The third kappa shape index (κ3) is 7.62. The quantitative estimate of drug-likeness (QED) is 0.132. The van der Waals surface area contributed by atoms with Crippen LogP contribution in [0.15, 0.2) is 48.8 Å². The molecule has 0 spiro atoms. The van der Waals surface area contributed by atoms with Crippen molar-refractivity contribution in [2.24, 2.45) is 0 Å². The van der Waals surface area contributed by atoms with Crippen molar-refractivity contribution in [2.75, 3.05) is 45.4 Å². The molecule has 54 heavy (non-hydrogen) atoms. The lowest BCUT2D eigenvalue weighted by atomic mass is 9.92. The molecule has 2 aromatic carbocycles. The molecule has 286 valence electrons. The Morgan fingerprint density at radius 1 is 0.889 bits per heavy atom. The lowest BCUT2D eigenvalue weighted by Gasteiger charge is -2.28. The monoisotopic (exact) mass is 759 g/mol. The van der Waals surface area contributed by atoms with Crippen LogP contribution in [-0.4, -0.2) is 78.5 Å². The van der Waals surface area contributed by atoms with Crippen LogP contribution in [0.25, 0.3) is 22.3 Å². The number of aromatic nitrogens is 3.